The highest BCUT2D eigenvalue weighted by Crippen LogP contribution is 2.29. The maximum Gasteiger partial charge on any atom is 0.206 e. The lowest BCUT2D eigenvalue weighted by Gasteiger charge is -2.09. The molecule has 0 radical (unpaired) electrons. The minimum absolute atomic E-state index is 0.129. The summed E-state index contributed by atoms with van der Waals surface area (Å²) in [4.78, 5) is 0.668. The second-order valence-corrected chi connectivity index (χ2v) is 12.4. The van der Waals surface area contributed by atoms with E-state index in [4.69, 9.17) is 9.47 Å². The number of unbranched alkanes of at least 4 members (excludes halogenated alkanes) is 1. The number of benzene rings is 4. The van der Waals surface area contributed by atoms with Crippen LogP contribution in [0, 0.1) is 6.92 Å². The Morgan fingerprint density at radius 2 is 0.789 bits per heavy atom. The lowest BCUT2D eigenvalue weighted by molar-refractivity contribution is 0.414. The Kier molecular flexibility index (Phi) is 9.72. The summed E-state index contributed by atoms with van der Waals surface area (Å²) in [5, 5.41) is 0. The molecule has 0 aliphatic rings. The Bertz CT molecular complexity index is 1520. The van der Waals surface area contributed by atoms with Gasteiger partial charge in [0, 0.05) is 0 Å². The van der Waals surface area contributed by atoms with Crippen molar-refractivity contribution in [3.63, 3.8) is 0 Å². The molecular weight excluding hydrogens is 520 g/mol. The van der Waals surface area contributed by atoms with Gasteiger partial charge in [-0.3, -0.25) is 0 Å². The molecule has 200 valence electrons. The smallest absolute Gasteiger partial charge is 0.206 e. The number of rotatable bonds is 8. The predicted molar refractivity (Wildman–Crippen MR) is 149 cm³/mol. The number of methoxy groups -OCH3 is 1. The summed E-state index contributed by atoms with van der Waals surface area (Å²) in [6, 6.07) is 24.9. The van der Waals surface area contributed by atoms with E-state index >= 15 is 0 Å². The van der Waals surface area contributed by atoms with E-state index in [9.17, 15) is 16.8 Å². The molecule has 0 atom stereocenters. The van der Waals surface area contributed by atoms with Gasteiger partial charge in [-0.05, 0) is 91.9 Å². The molecule has 0 aliphatic carbocycles. The molecule has 0 amide bonds. The van der Waals surface area contributed by atoms with Crippen LogP contribution in [0.3, 0.4) is 0 Å². The molecule has 0 N–H and O–H groups in total. The van der Waals surface area contributed by atoms with Gasteiger partial charge in [0.05, 0.1) is 26.7 Å². The number of aryl methyl sites for hydroxylation is 1. The molecule has 0 heterocycles. The summed E-state index contributed by atoms with van der Waals surface area (Å²) >= 11 is 0. The lowest BCUT2D eigenvalue weighted by atomic mass is 10.2. The van der Waals surface area contributed by atoms with Gasteiger partial charge in [0.1, 0.15) is 17.2 Å². The first-order valence-electron chi connectivity index (χ1n) is 12.2. The third kappa shape index (κ3) is 7.02. The van der Waals surface area contributed by atoms with E-state index in [-0.39, 0.29) is 19.6 Å². The van der Waals surface area contributed by atoms with Crippen molar-refractivity contribution in [2.75, 3.05) is 7.11 Å². The topological polar surface area (TPSA) is 86.7 Å². The molecule has 0 saturated heterocycles. The van der Waals surface area contributed by atoms with Crippen LogP contribution < -0.4 is 9.47 Å². The van der Waals surface area contributed by atoms with Crippen LogP contribution in [0.1, 0.15) is 32.3 Å². The largest absolute Gasteiger partial charge is 0.497 e. The van der Waals surface area contributed by atoms with Gasteiger partial charge in [-0.25, -0.2) is 16.8 Å². The van der Waals surface area contributed by atoms with Crippen LogP contribution in [0.4, 0.5) is 0 Å². The van der Waals surface area contributed by atoms with Crippen LogP contribution in [0.2, 0.25) is 0 Å². The number of hydrogen-bond donors (Lipinski definition) is 0. The van der Waals surface area contributed by atoms with Crippen molar-refractivity contribution in [3.8, 4) is 17.2 Å². The van der Waals surface area contributed by atoms with E-state index < -0.39 is 19.7 Å². The van der Waals surface area contributed by atoms with E-state index in [1.165, 1.54) is 56.3 Å². The van der Waals surface area contributed by atoms with Crippen LogP contribution in [-0.4, -0.2) is 23.9 Å². The molecule has 0 aliphatic heterocycles. The van der Waals surface area contributed by atoms with Crippen molar-refractivity contribution in [1.82, 2.24) is 0 Å². The van der Waals surface area contributed by atoms with Gasteiger partial charge in [0.25, 0.3) is 0 Å². The van der Waals surface area contributed by atoms with Crippen molar-refractivity contribution in [1.29, 1.82) is 0 Å². The first kappa shape index (κ1) is 28.9. The SMILES string of the molecule is CCCC.COc1ccc(S(=O)(=O)c2ccc(Oc3ccc(S(=O)(=O)c4ccc(C)cc4)cc3)cc2)cc1. The Balaban J connectivity index is 0.000000934. The second-order valence-electron chi connectivity index (χ2n) is 8.54. The van der Waals surface area contributed by atoms with E-state index in [2.05, 4.69) is 13.8 Å². The van der Waals surface area contributed by atoms with Crippen LogP contribution in [-0.2, 0) is 19.7 Å². The van der Waals surface area contributed by atoms with Crippen LogP contribution in [0.25, 0.3) is 0 Å². The molecule has 0 bridgehead atoms. The average Bonchev–Trinajstić information content (AvgIpc) is 2.94. The first-order chi connectivity index (χ1) is 18.1. The molecular formula is C30H32O6S2. The fourth-order valence-electron chi connectivity index (χ4n) is 3.25. The fraction of sp³-hybridized carbons (Fsp3) is 0.200. The summed E-state index contributed by atoms with van der Waals surface area (Å²) in [5.74, 6) is 1.41. The van der Waals surface area contributed by atoms with E-state index in [1.807, 2.05) is 6.92 Å². The Morgan fingerprint density at radius 1 is 0.500 bits per heavy atom. The van der Waals surface area contributed by atoms with Gasteiger partial charge < -0.3 is 9.47 Å². The standard InChI is InChI=1S/C26H22O6S2.C4H10/c1-19-3-11-23(12-4-19)33(27,28)25-15-7-21(8-16-25)32-22-9-17-26(18-10-22)34(29,30)24-13-5-20(31-2)6-14-24;1-3-4-2/h3-18H,1-2H3;3-4H2,1-2H3. The van der Waals surface area contributed by atoms with Crippen molar-refractivity contribution < 1.29 is 26.3 Å². The van der Waals surface area contributed by atoms with E-state index in [1.54, 1.807) is 60.7 Å². The normalized spacial score (nSPS) is 11.3. The predicted octanol–water partition coefficient (Wildman–Crippen LogP) is 7.27. The van der Waals surface area contributed by atoms with Gasteiger partial charge in [-0.2, -0.15) is 0 Å². The molecule has 0 unspecified atom stereocenters. The molecule has 4 aromatic rings. The van der Waals surface area contributed by atoms with Crippen LogP contribution in [0.15, 0.2) is 117 Å². The number of sulfone groups is 2. The summed E-state index contributed by atoms with van der Waals surface area (Å²) in [7, 11) is -5.80. The first-order valence-corrected chi connectivity index (χ1v) is 15.2. The summed E-state index contributed by atoms with van der Waals surface area (Å²) < 4.78 is 62.1. The molecule has 8 heteroatoms. The minimum Gasteiger partial charge on any atom is -0.497 e. The number of ether oxygens (including phenoxy) is 2. The van der Waals surface area contributed by atoms with Gasteiger partial charge in [-0.15, -0.1) is 0 Å². The lowest BCUT2D eigenvalue weighted by Crippen LogP contribution is -2.02. The molecule has 0 spiro atoms. The Labute approximate surface area is 225 Å². The van der Waals surface area contributed by atoms with Gasteiger partial charge in [-0.1, -0.05) is 44.4 Å². The summed E-state index contributed by atoms with van der Waals surface area (Å²) in [6.45, 7) is 6.25. The van der Waals surface area contributed by atoms with Crippen molar-refractivity contribution in [3.05, 3.63) is 103 Å². The zero-order chi connectivity index (χ0) is 27.8. The molecule has 0 aromatic heterocycles. The summed E-state index contributed by atoms with van der Waals surface area (Å²) in [5.41, 5.74) is 0.977. The maximum atomic E-state index is 12.8. The molecule has 6 nitrogen and oxygen atoms in total. The highest BCUT2D eigenvalue weighted by atomic mass is 32.2. The van der Waals surface area contributed by atoms with E-state index in [0.717, 1.165) is 5.56 Å². The van der Waals surface area contributed by atoms with E-state index in [0.29, 0.717) is 17.2 Å². The van der Waals surface area contributed by atoms with Gasteiger partial charge in [0.15, 0.2) is 0 Å². The number of hydrogen-bond acceptors (Lipinski definition) is 6. The second kappa shape index (κ2) is 12.8. The average molecular weight is 553 g/mol. The monoisotopic (exact) mass is 552 g/mol. The highest BCUT2D eigenvalue weighted by molar-refractivity contribution is 7.91. The zero-order valence-electron chi connectivity index (χ0n) is 21.9. The van der Waals surface area contributed by atoms with Crippen molar-refractivity contribution >= 4 is 19.7 Å². The summed E-state index contributed by atoms with van der Waals surface area (Å²) in [6.07, 6.45) is 2.64. The third-order valence-corrected chi connectivity index (χ3v) is 9.28. The minimum atomic E-state index is -3.68. The van der Waals surface area contributed by atoms with Gasteiger partial charge in [0.2, 0.25) is 19.7 Å². The fourth-order valence-corrected chi connectivity index (χ4v) is 5.78. The van der Waals surface area contributed by atoms with Crippen LogP contribution >= 0.6 is 0 Å². The molecule has 4 aromatic carbocycles. The quantitative estimate of drug-likeness (QED) is 0.228. The highest BCUT2D eigenvalue weighted by Gasteiger charge is 2.19. The Morgan fingerprint density at radius 3 is 1.08 bits per heavy atom. The Hall–Kier alpha value is -3.62. The van der Waals surface area contributed by atoms with Gasteiger partial charge >= 0.3 is 0 Å². The maximum absolute atomic E-state index is 12.8. The van der Waals surface area contributed by atoms with Crippen molar-refractivity contribution in [2.24, 2.45) is 0 Å². The molecule has 0 saturated carbocycles. The van der Waals surface area contributed by atoms with Crippen molar-refractivity contribution in [2.45, 2.75) is 53.2 Å². The zero-order valence-corrected chi connectivity index (χ0v) is 23.6. The molecule has 38 heavy (non-hydrogen) atoms. The van der Waals surface area contributed by atoms with Crippen LogP contribution in [0.5, 0.6) is 17.2 Å². The third-order valence-electron chi connectivity index (χ3n) is 5.70. The molecule has 4 rings (SSSR count). The molecule has 0 fully saturated rings.